The Morgan fingerprint density at radius 3 is 3.09 bits per heavy atom. The van der Waals surface area contributed by atoms with Gasteiger partial charge in [0, 0.05) is 6.21 Å². The molecule has 2 aromatic heterocycles. The van der Waals surface area contributed by atoms with E-state index in [4.69, 9.17) is 4.42 Å². The van der Waals surface area contributed by atoms with Gasteiger partial charge in [0.2, 0.25) is 0 Å². The van der Waals surface area contributed by atoms with Crippen molar-refractivity contribution in [3.05, 3.63) is 60.8 Å². The lowest BCUT2D eigenvalue weighted by atomic mass is 10.3. The zero-order chi connectivity index (χ0) is 15.2. The van der Waals surface area contributed by atoms with Gasteiger partial charge in [-0.1, -0.05) is 12.1 Å². The van der Waals surface area contributed by atoms with Crippen molar-refractivity contribution in [1.29, 1.82) is 0 Å². The molecule has 0 saturated heterocycles. The van der Waals surface area contributed by atoms with E-state index in [-0.39, 0.29) is 12.5 Å². The van der Waals surface area contributed by atoms with E-state index in [9.17, 15) is 4.79 Å². The molecule has 0 atom stereocenters. The summed E-state index contributed by atoms with van der Waals surface area (Å²) in [6, 6.07) is 11.3. The van der Waals surface area contributed by atoms with Crippen LogP contribution in [0.2, 0.25) is 0 Å². The van der Waals surface area contributed by atoms with Crippen LogP contribution in [-0.4, -0.2) is 21.7 Å². The molecule has 0 aliphatic carbocycles. The summed E-state index contributed by atoms with van der Waals surface area (Å²) >= 11 is 0. The third-order valence-corrected chi connectivity index (χ3v) is 2.99. The van der Waals surface area contributed by atoms with Crippen LogP contribution in [0.3, 0.4) is 0 Å². The highest BCUT2D eigenvalue weighted by atomic mass is 16.3. The minimum atomic E-state index is -0.217. The summed E-state index contributed by atoms with van der Waals surface area (Å²) in [5.74, 6) is 0.508. The van der Waals surface area contributed by atoms with E-state index >= 15 is 0 Å². The van der Waals surface area contributed by atoms with Crippen molar-refractivity contribution >= 4 is 29.2 Å². The number of imidazole rings is 1. The average molecular weight is 294 g/mol. The Bertz CT molecular complexity index is 816. The molecule has 1 aromatic carbocycles. The van der Waals surface area contributed by atoms with Crippen LogP contribution in [-0.2, 0) is 11.3 Å². The van der Waals surface area contributed by atoms with E-state index in [0.29, 0.717) is 0 Å². The quantitative estimate of drug-likeness (QED) is 0.580. The number of hydrogen-bond acceptors (Lipinski definition) is 4. The van der Waals surface area contributed by atoms with E-state index in [1.54, 1.807) is 35.4 Å². The Hall–Kier alpha value is -3.15. The molecule has 1 N–H and O–H groups in total. The molecule has 0 bridgehead atoms. The molecular formula is C16H14N4O2. The molecule has 0 spiro atoms. The molecule has 1 amide bonds. The normalized spacial score (nSPS) is 11.6. The van der Waals surface area contributed by atoms with Crippen LogP contribution < -0.4 is 5.43 Å². The third-order valence-electron chi connectivity index (χ3n) is 2.99. The number of nitrogens with zero attached hydrogens (tertiary/aromatic N) is 3. The van der Waals surface area contributed by atoms with Gasteiger partial charge in [0.15, 0.2) is 0 Å². The lowest BCUT2D eigenvalue weighted by Gasteiger charge is -2.02. The Morgan fingerprint density at radius 2 is 2.23 bits per heavy atom. The average Bonchev–Trinajstić information content (AvgIpc) is 3.17. The van der Waals surface area contributed by atoms with Crippen molar-refractivity contribution in [3.8, 4) is 0 Å². The van der Waals surface area contributed by atoms with Gasteiger partial charge in [-0.2, -0.15) is 5.10 Å². The molecule has 3 rings (SSSR count). The number of hydrazone groups is 1. The topological polar surface area (TPSA) is 72.4 Å². The van der Waals surface area contributed by atoms with Gasteiger partial charge in [0.1, 0.15) is 12.3 Å². The van der Waals surface area contributed by atoms with E-state index in [1.807, 2.05) is 30.3 Å². The summed E-state index contributed by atoms with van der Waals surface area (Å²) < 4.78 is 6.90. The second-order valence-corrected chi connectivity index (χ2v) is 4.55. The van der Waals surface area contributed by atoms with Gasteiger partial charge in [-0.3, -0.25) is 4.79 Å². The lowest BCUT2D eigenvalue weighted by molar-refractivity contribution is -0.121. The fraction of sp³-hybridized carbons (Fsp3) is 0.0625. The molecule has 0 aliphatic heterocycles. The molecule has 0 aliphatic rings. The number of hydrogen-bond donors (Lipinski definition) is 1. The molecule has 6 nitrogen and oxygen atoms in total. The number of amides is 1. The summed E-state index contributed by atoms with van der Waals surface area (Å²) in [4.78, 5) is 16.1. The number of rotatable bonds is 5. The lowest BCUT2D eigenvalue weighted by Crippen LogP contribution is -2.22. The summed E-state index contributed by atoms with van der Waals surface area (Å²) in [5, 5.41) is 3.84. The summed E-state index contributed by atoms with van der Waals surface area (Å²) in [5.41, 5.74) is 4.24. The second-order valence-electron chi connectivity index (χ2n) is 4.55. The number of carbonyl (C=O) groups is 1. The molecule has 3 aromatic rings. The molecule has 2 heterocycles. The van der Waals surface area contributed by atoms with Crippen LogP contribution in [0.15, 0.2) is 64.6 Å². The predicted octanol–water partition coefficient (Wildman–Crippen LogP) is 2.44. The number of fused-ring (bicyclic) bond motifs is 1. The van der Waals surface area contributed by atoms with Crippen LogP contribution in [0.1, 0.15) is 5.76 Å². The largest absolute Gasteiger partial charge is 0.465 e. The molecule has 110 valence electrons. The molecular weight excluding hydrogens is 280 g/mol. The van der Waals surface area contributed by atoms with Gasteiger partial charge < -0.3 is 8.98 Å². The van der Waals surface area contributed by atoms with Gasteiger partial charge in [-0.15, -0.1) is 0 Å². The van der Waals surface area contributed by atoms with Crippen molar-refractivity contribution in [2.75, 3.05) is 0 Å². The maximum atomic E-state index is 11.8. The zero-order valence-corrected chi connectivity index (χ0v) is 11.7. The molecule has 22 heavy (non-hydrogen) atoms. The van der Waals surface area contributed by atoms with Gasteiger partial charge in [0.25, 0.3) is 5.91 Å². The summed E-state index contributed by atoms with van der Waals surface area (Å²) in [7, 11) is 0. The smallest absolute Gasteiger partial charge is 0.260 e. The highest BCUT2D eigenvalue weighted by Gasteiger charge is 2.05. The Balaban J connectivity index is 1.54. The monoisotopic (exact) mass is 294 g/mol. The van der Waals surface area contributed by atoms with Crippen molar-refractivity contribution in [2.45, 2.75) is 6.54 Å². The molecule has 0 saturated carbocycles. The highest BCUT2D eigenvalue weighted by Crippen LogP contribution is 2.11. The van der Waals surface area contributed by atoms with Crippen molar-refractivity contribution in [2.24, 2.45) is 5.10 Å². The summed E-state index contributed by atoms with van der Waals surface area (Å²) in [6.45, 7) is 0.166. The number of benzene rings is 1. The number of para-hydroxylation sites is 2. The molecule has 0 fully saturated rings. The molecule has 6 heteroatoms. The first-order valence-corrected chi connectivity index (χ1v) is 6.75. The van der Waals surface area contributed by atoms with E-state index in [2.05, 4.69) is 15.5 Å². The van der Waals surface area contributed by atoms with Crippen molar-refractivity contribution < 1.29 is 9.21 Å². The maximum Gasteiger partial charge on any atom is 0.260 e. The van der Waals surface area contributed by atoms with Crippen LogP contribution in [0.5, 0.6) is 0 Å². The highest BCUT2D eigenvalue weighted by molar-refractivity contribution is 5.82. The van der Waals surface area contributed by atoms with Crippen LogP contribution in [0.25, 0.3) is 17.1 Å². The fourth-order valence-corrected chi connectivity index (χ4v) is 2.00. The van der Waals surface area contributed by atoms with E-state index in [1.165, 1.54) is 6.21 Å². The SMILES string of the molecule is O=C(Cn1cnc2ccccc21)N/N=C/C=C/c1ccco1. The van der Waals surface area contributed by atoms with Crippen molar-refractivity contribution in [3.63, 3.8) is 0 Å². The van der Waals surface area contributed by atoms with Crippen LogP contribution in [0, 0.1) is 0 Å². The number of nitrogens with one attached hydrogen (secondary N) is 1. The second kappa shape index (κ2) is 6.53. The standard InChI is InChI=1S/C16H14N4O2/c21-16(19-18-9-3-5-13-6-4-10-22-13)11-20-12-17-14-7-1-2-8-15(14)20/h1-10,12H,11H2,(H,19,21)/b5-3+,18-9+. The van der Waals surface area contributed by atoms with E-state index in [0.717, 1.165) is 16.8 Å². The fourth-order valence-electron chi connectivity index (χ4n) is 2.00. The number of aromatic nitrogens is 2. The first-order chi connectivity index (χ1) is 10.8. The Labute approximate surface area is 126 Å². The maximum absolute atomic E-state index is 11.8. The molecule has 0 unspecified atom stereocenters. The Kier molecular flexibility index (Phi) is 4.10. The predicted molar refractivity (Wildman–Crippen MR) is 84.1 cm³/mol. The van der Waals surface area contributed by atoms with E-state index < -0.39 is 0 Å². The van der Waals surface area contributed by atoms with Gasteiger partial charge in [-0.25, -0.2) is 10.4 Å². The zero-order valence-electron chi connectivity index (χ0n) is 11.7. The van der Waals surface area contributed by atoms with Gasteiger partial charge in [0.05, 0.1) is 23.6 Å². The van der Waals surface area contributed by atoms with Crippen molar-refractivity contribution in [1.82, 2.24) is 15.0 Å². The first kappa shape index (κ1) is 13.8. The minimum absolute atomic E-state index is 0.166. The number of allylic oxidation sites excluding steroid dienone is 1. The van der Waals surface area contributed by atoms with Crippen LogP contribution >= 0.6 is 0 Å². The summed E-state index contributed by atoms with van der Waals surface area (Å²) in [6.07, 6.45) is 8.16. The van der Waals surface area contributed by atoms with Crippen LogP contribution in [0.4, 0.5) is 0 Å². The van der Waals surface area contributed by atoms with Gasteiger partial charge in [-0.05, 0) is 36.4 Å². The van der Waals surface area contributed by atoms with Gasteiger partial charge >= 0.3 is 0 Å². The Morgan fingerprint density at radius 1 is 1.32 bits per heavy atom. The third kappa shape index (κ3) is 3.29. The first-order valence-electron chi connectivity index (χ1n) is 6.75. The number of carbonyl (C=O) groups excluding carboxylic acids is 1. The molecule has 0 radical (unpaired) electrons. The number of furan rings is 1. The minimum Gasteiger partial charge on any atom is -0.465 e.